The monoisotopic (exact) mass is 379 g/mol. The van der Waals surface area contributed by atoms with E-state index in [0.29, 0.717) is 18.0 Å². The lowest BCUT2D eigenvalue weighted by Gasteiger charge is -2.09. The molecule has 0 atom stereocenters. The van der Waals surface area contributed by atoms with E-state index < -0.39 is 24.3 Å². The summed E-state index contributed by atoms with van der Waals surface area (Å²) < 4.78 is 23.6. The molecule has 0 unspecified atom stereocenters. The fourth-order valence-corrected chi connectivity index (χ4v) is 2.40. The summed E-state index contributed by atoms with van der Waals surface area (Å²) in [5, 5.41) is 2.52. The van der Waals surface area contributed by atoms with Crippen LogP contribution < -0.4 is 10.1 Å². The predicted octanol–water partition coefficient (Wildman–Crippen LogP) is 4.20. The molecule has 0 saturated carbocycles. The van der Waals surface area contributed by atoms with Gasteiger partial charge < -0.3 is 14.8 Å². The van der Waals surface area contributed by atoms with Crippen molar-refractivity contribution < 1.29 is 23.5 Å². The minimum absolute atomic E-state index is 0.278. The van der Waals surface area contributed by atoms with Crippen molar-refractivity contribution >= 4 is 17.6 Å². The summed E-state index contributed by atoms with van der Waals surface area (Å²) in [4.78, 5) is 24.0. The van der Waals surface area contributed by atoms with Crippen LogP contribution >= 0.6 is 0 Å². The molecule has 0 heterocycles. The van der Waals surface area contributed by atoms with E-state index in [1.807, 2.05) is 30.3 Å². The molecule has 5 nitrogen and oxygen atoms in total. The maximum atomic E-state index is 12.9. The Morgan fingerprint density at radius 3 is 2.39 bits per heavy atom. The van der Waals surface area contributed by atoms with Gasteiger partial charge in [-0.2, -0.15) is 0 Å². The molecule has 0 saturated heterocycles. The number of hydrogen-bond acceptors (Lipinski definition) is 4. The zero-order valence-corrected chi connectivity index (χ0v) is 14.9. The second-order valence-corrected chi connectivity index (χ2v) is 5.93. The van der Waals surface area contributed by atoms with Crippen molar-refractivity contribution in [3.63, 3.8) is 0 Å². The average molecular weight is 379 g/mol. The molecule has 1 N–H and O–H groups in total. The summed E-state index contributed by atoms with van der Waals surface area (Å²) in [5.74, 6) is -1.04. The number of nitrogens with one attached hydrogen (secondary N) is 1. The SMILES string of the molecule is O=C(COC(=O)c1cccc(OCc2ccccc2)c1)Nc1ccc(F)cc1. The molecule has 0 aliphatic rings. The van der Waals surface area contributed by atoms with Crippen LogP contribution in [0.1, 0.15) is 15.9 Å². The van der Waals surface area contributed by atoms with E-state index in [2.05, 4.69) is 5.32 Å². The van der Waals surface area contributed by atoms with E-state index in [9.17, 15) is 14.0 Å². The van der Waals surface area contributed by atoms with Gasteiger partial charge in [-0.15, -0.1) is 0 Å². The second kappa shape index (κ2) is 9.32. The molecular weight excluding hydrogens is 361 g/mol. The van der Waals surface area contributed by atoms with Gasteiger partial charge in [-0.1, -0.05) is 36.4 Å². The van der Waals surface area contributed by atoms with Gasteiger partial charge in [0.25, 0.3) is 5.91 Å². The number of carbonyl (C=O) groups is 2. The van der Waals surface area contributed by atoms with Crippen molar-refractivity contribution in [2.24, 2.45) is 0 Å². The topological polar surface area (TPSA) is 64.6 Å². The highest BCUT2D eigenvalue weighted by Crippen LogP contribution is 2.16. The molecule has 142 valence electrons. The Kier molecular flexibility index (Phi) is 6.36. The van der Waals surface area contributed by atoms with Gasteiger partial charge in [0.15, 0.2) is 6.61 Å². The van der Waals surface area contributed by atoms with Gasteiger partial charge in [0, 0.05) is 5.69 Å². The molecule has 3 aromatic rings. The van der Waals surface area contributed by atoms with Crippen LogP contribution in [0.25, 0.3) is 0 Å². The first kappa shape index (κ1) is 19.1. The number of amides is 1. The van der Waals surface area contributed by atoms with Gasteiger partial charge in [-0.25, -0.2) is 9.18 Å². The van der Waals surface area contributed by atoms with Crippen molar-refractivity contribution in [2.75, 3.05) is 11.9 Å². The number of anilines is 1. The first-order valence-corrected chi connectivity index (χ1v) is 8.59. The van der Waals surface area contributed by atoms with E-state index in [4.69, 9.17) is 9.47 Å². The van der Waals surface area contributed by atoms with Crippen LogP contribution in [0.2, 0.25) is 0 Å². The standard InChI is InChI=1S/C22H18FNO4/c23-18-9-11-19(12-10-18)24-21(25)15-28-22(26)17-7-4-8-20(13-17)27-14-16-5-2-1-3-6-16/h1-13H,14-15H2,(H,24,25). The zero-order valence-electron chi connectivity index (χ0n) is 14.9. The molecule has 0 fully saturated rings. The first-order chi connectivity index (χ1) is 13.6. The molecule has 6 heteroatoms. The number of carbonyl (C=O) groups excluding carboxylic acids is 2. The highest BCUT2D eigenvalue weighted by Gasteiger charge is 2.11. The quantitative estimate of drug-likeness (QED) is 0.625. The third kappa shape index (κ3) is 5.67. The fraction of sp³-hybridized carbons (Fsp3) is 0.0909. The van der Waals surface area contributed by atoms with E-state index in [-0.39, 0.29) is 5.56 Å². The number of halogens is 1. The predicted molar refractivity (Wildman–Crippen MR) is 103 cm³/mol. The maximum Gasteiger partial charge on any atom is 0.338 e. The van der Waals surface area contributed by atoms with Gasteiger partial charge in [0.1, 0.15) is 18.2 Å². The lowest BCUT2D eigenvalue weighted by Crippen LogP contribution is -2.20. The van der Waals surface area contributed by atoms with E-state index in [1.54, 1.807) is 24.3 Å². The number of benzene rings is 3. The van der Waals surface area contributed by atoms with Crippen molar-refractivity contribution in [3.05, 3.63) is 95.8 Å². The molecule has 0 aliphatic heterocycles. The summed E-state index contributed by atoms with van der Waals surface area (Å²) in [6.45, 7) is -0.0786. The van der Waals surface area contributed by atoms with Gasteiger partial charge in [-0.05, 0) is 48.0 Å². The Balaban J connectivity index is 1.51. The van der Waals surface area contributed by atoms with Gasteiger partial charge >= 0.3 is 5.97 Å². The van der Waals surface area contributed by atoms with E-state index in [0.717, 1.165) is 5.56 Å². The van der Waals surface area contributed by atoms with Crippen LogP contribution in [-0.2, 0) is 16.1 Å². The number of rotatable bonds is 7. The van der Waals surface area contributed by atoms with Crippen molar-refractivity contribution in [1.82, 2.24) is 0 Å². The highest BCUT2D eigenvalue weighted by atomic mass is 19.1. The molecule has 0 radical (unpaired) electrons. The Labute approximate surface area is 161 Å². The third-order valence-corrected chi connectivity index (χ3v) is 3.78. The average Bonchev–Trinajstić information content (AvgIpc) is 2.73. The lowest BCUT2D eigenvalue weighted by molar-refractivity contribution is -0.119. The normalized spacial score (nSPS) is 10.2. The lowest BCUT2D eigenvalue weighted by atomic mass is 10.2. The van der Waals surface area contributed by atoms with E-state index in [1.165, 1.54) is 24.3 Å². The minimum atomic E-state index is -0.639. The van der Waals surface area contributed by atoms with Crippen LogP contribution in [0.3, 0.4) is 0 Å². The van der Waals surface area contributed by atoms with Crippen molar-refractivity contribution in [2.45, 2.75) is 6.61 Å². The summed E-state index contributed by atoms with van der Waals surface area (Å²) in [6, 6.07) is 21.5. The molecule has 1 amide bonds. The molecular formula is C22H18FNO4. The molecule has 0 aliphatic carbocycles. The molecule has 28 heavy (non-hydrogen) atoms. The van der Waals surface area contributed by atoms with Crippen molar-refractivity contribution in [3.8, 4) is 5.75 Å². The summed E-state index contributed by atoms with van der Waals surface area (Å²) in [6.07, 6.45) is 0. The zero-order chi connectivity index (χ0) is 19.8. The Bertz CT molecular complexity index is 942. The molecule has 3 aromatic carbocycles. The van der Waals surface area contributed by atoms with Gasteiger partial charge in [0.05, 0.1) is 5.56 Å². The summed E-state index contributed by atoms with van der Waals surface area (Å²) in [7, 11) is 0. The smallest absolute Gasteiger partial charge is 0.338 e. The second-order valence-electron chi connectivity index (χ2n) is 5.93. The van der Waals surface area contributed by atoms with Crippen molar-refractivity contribution in [1.29, 1.82) is 0 Å². The van der Waals surface area contributed by atoms with Crippen LogP contribution in [0, 0.1) is 5.82 Å². The third-order valence-electron chi connectivity index (χ3n) is 3.78. The Hall–Kier alpha value is -3.67. The molecule has 0 aromatic heterocycles. The van der Waals surface area contributed by atoms with Gasteiger partial charge in [-0.3, -0.25) is 4.79 Å². The van der Waals surface area contributed by atoms with Crippen LogP contribution in [0.15, 0.2) is 78.9 Å². The van der Waals surface area contributed by atoms with E-state index >= 15 is 0 Å². The van der Waals surface area contributed by atoms with Crippen LogP contribution in [0.5, 0.6) is 5.75 Å². The fourth-order valence-electron chi connectivity index (χ4n) is 2.40. The minimum Gasteiger partial charge on any atom is -0.489 e. The summed E-state index contributed by atoms with van der Waals surface area (Å²) in [5.41, 5.74) is 1.70. The molecule has 3 rings (SSSR count). The summed E-state index contributed by atoms with van der Waals surface area (Å²) >= 11 is 0. The Morgan fingerprint density at radius 2 is 1.64 bits per heavy atom. The molecule has 0 spiro atoms. The maximum absolute atomic E-state index is 12.9. The number of hydrogen-bond donors (Lipinski definition) is 1. The molecule has 0 bridgehead atoms. The first-order valence-electron chi connectivity index (χ1n) is 8.59. The van der Waals surface area contributed by atoms with Gasteiger partial charge in [0.2, 0.25) is 0 Å². The van der Waals surface area contributed by atoms with Crippen LogP contribution in [-0.4, -0.2) is 18.5 Å². The highest BCUT2D eigenvalue weighted by molar-refractivity contribution is 5.95. The number of ether oxygens (including phenoxy) is 2. The number of esters is 1. The Morgan fingerprint density at radius 1 is 0.893 bits per heavy atom. The largest absolute Gasteiger partial charge is 0.489 e. The van der Waals surface area contributed by atoms with Crippen LogP contribution in [0.4, 0.5) is 10.1 Å².